The van der Waals surface area contributed by atoms with Crippen molar-refractivity contribution >= 4 is 17.2 Å². The van der Waals surface area contributed by atoms with Crippen molar-refractivity contribution < 1.29 is 36.5 Å². The molecule has 0 aliphatic carbocycles. The summed E-state index contributed by atoms with van der Waals surface area (Å²) in [5, 5.41) is 0. The van der Waals surface area contributed by atoms with Gasteiger partial charge in [-0.15, -0.1) is 0 Å². The minimum absolute atomic E-state index is 0.0721. The summed E-state index contributed by atoms with van der Waals surface area (Å²) in [6.45, 7) is 6.94. The minimum Gasteiger partial charge on any atom is -0.474 e. The van der Waals surface area contributed by atoms with E-state index in [2.05, 4.69) is 9.97 Å². The highest BCUT2D eigenvalue weighted by atomic mass is 32.3. The molecule has 3 heterocycles. The highest BCUT2D eigenvalue weighted by Gasteiger charge is 2.30. The number of nitrogens with zero attached hydrogens (tertiary/aromatic N) is 3. The topological polar surface area (TPSA) is 133 Å². The van der Waals surface area contributed by atoms with Crippen molar-refractivity contribution in [1.82, 2.24) is 14.9 Å². The lowest BCUT2D eigenvalue weighted by Gasteiger charge is -2.33. The summed E-state index contributed by atoms with van der Waals surface area (Å²) in [7, 11) is 0. The number of hydrogen-bond donors (Lipinski definition) is 2. The van der Waals surface area contributed by atoms with Crippen LogP contribution in [0.4, 0.5) is 4.79 Å². The van der Waals surface area contributed by atoms with E-state index < -0.39 is 11.2 Å². The van der Waals surface area contributed by atoms with Crippen LogP contribution in [0.2, 0.25) is 0 Å². The Hall–Kier alpha value is -2.64. The summed E-state index contributed by atoms with van der Waals surface area (Å²) in [4.78, 5) is 22.3. The van der Waals surface area contributed by atoms with Crippen molar-refractivity contribution in [3.63, 3.8) is 0 Å². The molecule has 1 aromatic heterocycles. The lowest BCUT2D eigenvalue weighted by atomic mass is 10.0. The second-order valence-corrected chi connectivity index (χ2v) is 10.1. The van der Waals surface area contributed by atoms with Gasteiger partial charge in [0.25, 0.3) is 0 Å². The number of carbonyl (C=O) groups excluding carboxylic acids is 1. The number of ether oxygens (including phenoxy) is 3. The molecule has 2 aromatic rings. The van der Waals surface area contributed by atoms with Crippen LogP contribution in [0.1, 0.15) is 43.7 Å². The third kappa shape index (κ3) is 6.73. The normalized spacial score (nSPS) is 19.9. The lowest BCUT2D eigenvalue weighted by molar-refractivity contribution is 0.0504. The third-order valence-corrected chi connectivity index (χ3v) is 6.60. The van der Waals surface area contributed by atoms with Crippen molar-refractivity contribution in [2.75, 3.05) is 26.3 Å². The molecule has 0 spiro atoms. The van der Waals surface area contributed by atoms with E-state index in [1.165, 1.54) is 6.33 Å². The maximum atomic E-state index is 12.1. The van der Waals surface area contributed by atoms with Crippen LogP contribution in [0.3, 0.4) is 0 Å². The van der Waals surface area contributed by atoms with Gasteiger partial charge in [0.2, 0.25) is 22.9 Å². The van der Waals surface area contributed by atoms with Gasteiger partial charge in [-0.1, -0.05) is 12.1 Å². The van der Waals surface area contributed by atoms with Crippen molar-refractivity contribution in [1.29, 1.82) is 0 Å². The van der Waals surface area contributed by atoms with Gasteiger partial charge >= 0.3 is 6.09 Å². The number of aromatic nitrogens is 2. The van der Waals surface area contributed by atoms with Crippen LogP contribution >= 0.6 is 11.2 Å². The predicted molar refractivity (Wildman–Crippen MR) is 128 cm³/mol. The Morgan fingerprint density at radius 3 is 2.34 bits per heavy atom. The fourth-order valence-electron chi connectivity index (χ4n) is 3.77. The molecule has 0 bridgehead atoms. The molecular formula is C23H31N3O8S. The lowest BCUT2D eigenvalue weighted by Crippen LogP contribution is -2.42. The first-order chi connectivity index (χ1) is 16.7. The monoisotopic (exact) mass is 509 g/mol. The molecule has 12 heteroatoms. The molecule has 4 rings (SSSR count). The summed E-state index contributed by atoms with van der Waals surface area (Å²) in [5.74, 6) is 1.31. The van der Waals surface area contributed by atoms with E-state index >= 15 is 0 Å². The number of benzene rings is 1. The van der Waals surface area contributed by atoms with E-state index in [0.717, 1.165) is 5.56 Å². The third-order valence-electron chi connectivity index (χ3n) is 5.72. The Bertz CT molecular complexity index is 1000. The Labute approximate surface area is 206 Å². The molecule has 1 amide bonds. The number of carbonyl (C=O) groups is 1. The zero-order chi connectivity index (χ0) is 25.0. The van der Waals surface area contributed by atoms with E-state index in [1.54, 1.807) is 17.0 Å². The zero-order valence-corrected chi connectivity index (χ0v) is 20.8. The molecule has 192 valence electrons. The van der Waals surface area contributed by atoms with Gasteiger partial charge in [-0.3, -0.25) is 17.5 Å². The fourth-order valence-corrected chi connectivity index (χ4v) is 4.52. The summed E-state index contributed by atoms with van der Waals surface area (Å²) in [5.41, 5.74) is 1.61. The van der Waals surface area contributed by atoms with Crippen LogP contribution in [0.15, 0.2) is 30.6 Å². The standard InChI is InChI=1S/C23H31N3O8S/c1-15(2)32-23(27)26-10-8-20(9-11-26)34-22-16(3)21(24-14-25-22)33-19-6-4-17(5-7-19)18-12-30-35(28,29)31-13-18/h4-7,14-15,18,20,28-29H,8-13H2,1-3H3. The molecule has 0 atom stereocenters. The first-order valence-corrected chi connectivity index (χ1v) is 12.9. The van der Waals surface area contributed by atoms with Gasteiger partial charge in [0.15, 0.2) is 0 Å². The molecule has 0 radical (unpaired) electrons. The number of hydrogen-bond acceptors (Lipinski definition) is 10. The first-order valence-electron chi connectivity index (χ1n) is 11.5. The van der Waals surface area contributed by atoms with Crippen LogP contribution in [0.5, 0.6) is 17.5 Å². The van der Waals surface area contributed by atoms with E-state index in [-0.39, 0.29) is 37.4 Å². The van der Waals surface area contributed by atoms with Gasteiger partial charge in [-0.2, -0.15) is 0 Å². The molecule has 2 fully saturated rings. The Morgan fingerprint density at radius 1 is 1.09 bits per heavy atom. The number of amides is 1. The molecule has 2 aliphatic heterocycles. The maximum absolute atomic E-state index is 12.1. The molecule has 0 unspecified atom stereocenters. The molecule has 2 N–H and O–H groups in total. The van der Waals surface area contributed by atoms with Crippen molar-refractivity contribution in [3.05, 3.63) is 41.7 Å². The Kier molecular flexibility index (Phi) is 7.97. The van der Waals surface area contributed by atoms with Crippen LogP contribution in [-0.2, 0) is 13.1 Å². The van der Waals surface area contributed by atoms with E-state index in [4.69, 9.17) is 22.6 Å². The van der Waals surface area contributed by atoms with Crippen molar-refractivity contribution in [3.8, 4) is 17.5 Å². The van der Waals surface area contributed by atoms with Crippen LogP contribution in [0, 0.1) is 6.92 Å². The average Bonchev–Trinajstić information content (AvgIpc) is 2.82. The smallest absolute Gasteiger partial charge is 0.410 e. The van der Waals surface area contributed by atoms with Crippen molar-refractivity contribution in [2.45, 2.75) is 51.7 Å². The van der Waals surface area contributed by atoms with Crippen molar-refractivity contribution in [2.24, 2.45) is 0 Å². The first kappa shape index (κ1) is 25.5. The predicted octanol–water partition coefficient (Wildman–Crippen LogP) is 4.68. The SMILES string of the molecule is Cc1c(Oc2ccc(C3COS(O)(O)OC3)cc2)ncnc1OC1CCN(C(=O)OC(C)C)CC1. The largest absolute Gasteiger partial charge is 0.474 e. The average molecular weight is 510 g/mol. The van der Waals surface area contributed by atoms with Crippen LogP contribution in [0.25, 0.3) is 0 Å². The van der Waals surface area contributed by atoms with Crippen LogP contribution < -0.4 is 9.47 Å². The van der Waals surface area contributed by atoms with Gasteiger partial charge in [0.05, 0.1) is 24.9 Å². The fraction of sp³-hybridized carbons (Fsp3) is 0.522. The summed E-state index contributed by atoms with van der Waals surface area (Å²) in [6, 6.07) is 7.34. The minimum atomic E-state index is -3.38. The maximum Gasteiger partial charge on any atom is 0.410 e. The highest BCUT2D eigenvalue weighted by Crippen LogP contribution is 2.46. The molecular weight excluding hydrogens is 478 g/mol. The summed E-state index contributed by atoms with van der Waals surface area (Å²) >= 11 is -3.38. The van der Waals surface area contributed by atoms with E-state index in [1.807, 2.05) is 32.9 Å². The second-order valence-electron chi connectivity index (χ2n) is 8.73. The Morgan fingerprint density at radius 2 is 1.71 bits per heavy atom. The van der Waals surface area contributed by atoms with Crippen LogP contribution in [-0.4, -0.2) is 68.6 Å². The number of rotatable bonds is 6. The zero-order valence-electron chi connectivity index (χ0n) is 20.0. The second kappa shape index (κ2) is 11.0. The van der Waals surface area contributed by atoms with E-state index in [9.17, 15) is 13.9 Å². The van der Waals surface area contributed by atoms with Gasteiger partial charge in [-0.05, 0) is 38.5 Å². The van der Waals surface area contributed by atoms with Gasteiger partial charge < -0.3 is 19.1 Å². The number of piperidine rings is 1. The molecule has 35 heavy (non-hydrogen) atoms. The van der Waals surface area contributed by atoms with Gasteiger partial charge in [-0.25, -0.2) is 14.8 Å². The Balaban J connectivity index is 1.33. The van der Waals surface area contributed by atoms with Gasteiger partial charge in [0.1, 0.15) is 18.2 Å². The molecule has 2 aliphatic rings. The molecule has 1 aromatic carbocycles. The molecule has 0 saturated carbocycles. The van der Waals surface area contributed by atoms with E-state index in [0.29, 0.717) is 49.0 Å². The van der Waals surface area contributed by atoms with Gasteiger partial charge in [0, 0.05) is 31.8 Å². The molecule has 11 nitrogen and oxygen atoms in total. The number of likely N-dealkylation sites (tertiary alicyclic amines) is 1. The molecule has 2 saturated heterocycles. The quantitative estimate of drug-likeness (QED) is 0.566. The summed E-state index contributed by atoms with van der Waals surface area (Å²) in [6.07, 6.45) is 2.25. The summed E-state index contributed by atoms with van der Waals surface area (Å²) < 4.78 is 46.1. The highest BCUT2D eigenvalue weighted by molar-refractivity contribution is 8.16.